The second kappa shape index (κ2) is 6.77. The van der Waals surface area contributed by atoms with Crippen molar-refractivity contribution in [1.29, 1.82) is 0 Å². The lowest BCUT2D eigenvalue weighted by atomic mass is 10.0. The van der Waals surface area contributed by atoms with Crippen LogP contribution in [0.15, 0.2) is 17.4 Å². The van der Waals surface area contributed by atoms with E-state index >= 15 is 0 Å². The molecule has 0 unspecified atom stereocenters. The average Bonchev–Trinajstić information content (AvgIpc) is 2.82. The van der Waals surface area contributed by atoms with Gasteiger partial charge in [-0.25, -0.2) is 0 Å². The SMILES string of the molecule is CN=C(NC1C(C)(C)C1(C)C)N1CCN(c2cnn(C)c2)C(=O)C1.I. The molecule has 1 saturated carbocycles. The largest absolute Gasteiger partial charge is 0.352 e. The standard InChI is InChI=1S/C17H28N6O.HI/c1-16(2)14(17(16,3)4)20-15(18-5)22-7-8-23(13(24)11-22)12-9-19-21(6)10-12;/h9-10,14H,7-8,11H2,1-6H3,(H,18,20);1H. The fraction of sp³-hybridized carbons (Fsp3) is 0.706. The fourth-order valence-corrected chi connectivity index (χ4v) is 3.66. The number of anilines is 1. The first kappa shape index (κ1) is 20.0. The molecule has 1 saturated heterocycles. The zero-order valence-corrected chi connectivity index (χ0v) is 18.2. The summed E-state index contributed by atoms with van der Waals surface area (Å²) in [6.07, 6.45) is 3.60. The Bertz CT molecular complexity index is 666. The Hall–Kier alpha value is -1.32. The number of halogens is 1. The van der Waals surface area contributed by atoms with E-state index in [0.29, 0.717) is 19.1 Å². The van der Waals surface area contributed by atoms with Gasteiger partial charge >= 0.3 is 0 Å². The minimum atomic E-state index is 0. The third-order valence-electron chi connectivity index (χ3n) is 6.03. The normalized spacial score (nSPS) is 22.6. The van der Waals surface area contributed by atoms with Gasteiger partial charge in [0.25, 0.3) is 0 Å². The van der Waals surface area contributed by atoms with Gasteiger partial charge in [0.15, 0.2) is 5.96 Å². The van der Waals surface area contributed by atoms with Crippen LogP contribution in [0.25, 0.3) is 0 Å². The van der Waals surface area contributed by atoms with Crippen LogP contribution in [0.2, 0.25) is 0 Å². The highest BCUT2D eigenvalue weighted by atomic mass is 127. The minimum Gasteiger partial charge on any atom is -0.352 e. The number of amides is 1. The fourth-order valence-electron chi connectivity index (χ4n) is 3.66. The quantitative estimate of drug-likeness (QED) is 0.415. The van der Waals surface area contributed by atoms with E-state index in [1.54, 1.807) is 22.8 Å². The van der Waals surface area contributed by atoms with Crippen LogP contribution in [0.5, 0.6) is 0 Å². The molecule has 0 aromatic carbocycles. The molecule has 2 aliphatic rings. The summed E-state index contributed by atoms with van der Waals surface area (Å²) >= 11 is 0. The summed E-state index contributed by atoms with van der Waals surface area (Å²) in [7, 11) is 3.64. The molecule has 25 heavy (non-hydrogen) atoms. The van der Waals surface area contributed by atoms with Gasteiger partial charge in [0.05, 0.1) is 11.9 Å². The highest BCUT2D eigenvalue weighted by Crippen LogP contribution is 2.62. The summed E-state index contributed by atoms with van der Waals surface area (Å²) in [5, 5.41) is 7.71. The monoisotopic (exact) mass is 460 g/mol. The van der Waals surface area contributed by atoms with Crippen molar-refractivity contribution in [3.05, 3.63) is 12.4 Å². The van der Waals surface area contributed by atoms with Crippen LogP contribution in [0.3, 0.4) is 0 Å². The second-order valence-electron chi connectivity index (χ2n) is 7.91. The van der Waals surface area contributed by atoms with E-state index in [9.17, 15) is 4.79 Å². The van der Waals surface area contributed by atoms with E-state index in [0.717, 1.165) is 18.2 Å². The smallest absolute Gasteiger partial charge is 0.246 e. The molecule has 140 valence electrons. The van der Waals surface area contributed by atoms with E-state index in [1.165, 1.54) is 0 Å². The number of aryl methyl sites for hydroxylation is 1. The number of guanidine groups is 1. The predicted molar refractivity (Wildman–Crippen MR) is 110 cm³/mol. The van der Waals surface area contributed by atoms with Crippen molar-refractivity contribution >= 4 is 41.5 Å². The van der Waals surface area contributed by atoms with Crippen molar-refractivity contribution < 1.29 is 4.79 Å². The number of aliphatic imine (C=N–C) groups is 1. The van der Waals surface area contributed by atoms with E-state index in [2.05, 4.69) is 43.1 Å². The van der Waals surface area contributed by atoms with Crippen LogP contribution in [-0.4, -0.2) is 59.3 Å². The molecule has 2 fully saturated rings. The molecule has 2 heterocycles. The van der Waals surface area contributed by atoms with Gasteiger partial charge in [-0.1, -0.05) is 27.7 Å². The third kappa shape index (κ3) is 3.37. The lowest BCUT2D eigenvalue weighted by molar-refractivity contribution is -0.120. The molecule has 1 amide bonds. The lowest BCUT2D eigenvalue weighted by Crippen LogP contribution is -2.56. The second-order valence-corrected chi connectivity index (χ2v) is 7.91. The Morgan fingerprint density at radius 1 is 1.28 bits per heavy atom. The van der Waals surface area contributed by atoms with Crippen molar-refractivity contribution in [3.8, 4) is 0 Å². The van der Waals surface area contributed by atoms with E-state index in [1.807, 2.05) is 18.1 Å². The van der Waals surface area contributed by atoms with Crippen molar-refractivity contribution in [2.24, 2.45) is 22.9 Å². The van der Waals surface area contributed by atoms with Gasteiger partial charge in [-0.05, 0) is 10.8 Å². The number of piperazine rings is 1. The summed E-state index contributed by atoms with van der Waals surface area (Å²) in [4.78, 5) is 20.8. The van der Waals surface area contributed by atoms with Crippen LogP contribution in [0, 0.1) is 10.8 Å². The van der Waals surface area contributed by atoms with Crippen molar-refractivity contribution in [1.82, 2.24) is 20.0 Å². The van der Waals surface area contributed by atoms with Gasteiger partial charge in [-0.2, -0.15) is 5.10 Å². The minimum absolute atomic E-state index is 0. The van der Waals surface area contributed by atoms with Crippen molar-refractivity contribution in [2.75, 3.05) is 31.6 Å². The van der Waals surface area contributed by atoms with Crippen LogP contribution in [0.1, 0.15) is 27.7 Å². The highest BCUT2D eigenvalue weighted by molar-refractivity contribution is 14.0. The summed E-state index contributed by atoms with van der Waals surface area (Å²) < 4.78 is 1.72. The van der Waals surface area contributed by atoms with E-state index in [-0.39, 0.29) is 40.7 Å². The molecule has 1 aliphatic carbocycles. The van der Waals surface area contributed by atoms with Gasteiger partial charge in [-0.3, -0.25) is 14.5 Å². The number of carbonyl (C=O) groups is 1. The number of carbonyl (C=O) groups excluding carboxylic acids is 1. The lowest BCUT2D eigenvalue weighted by Gasteiger charge is -2.35. The molecule has 3 rings (SSSR count). The Morgan fingerprint density at radius 2 is 1.92 bits per heavy atom. The van der Waals surface area contributed by atoms with Gasteiger partial charge < -0.3 is 15.1 Å². The molecule has 0 bridgehead atoms. The van der Waals surface area contributed by atoms with Gasteiger partial charge in [0.2, 0.25) is 5.91 Å². The Morgan fingerprint density at radius 3 is 2.36 bits per heavy atom. The molecular weight excluding hydrogens is 431 g/mol. The maximum Gasteiger partial charge on any atom is 0.246 e. The first-order chi connectivity index (χ1) is 11.2. The topological polar surface area (TPSA) is 65.8 Å². The van der Waals surface area contributed by atoms with E-state index in [4.69, 9.17) is 0 Å². The van der Waals surface area contributed by atoms with Crippen molar-refractivity contribution in [3.63, 3.8) is 0 Å². The van der Waals surface area contributed by atoms with Crippen LogP contribution in [-0.2, 0) is 11.8 Å². The molecule has 1 aliphatic heterocycles. The Balaban J connectivity index is 0.00000225. The average molecular weight is 460 g/mol. The van der Waals surface area contributed by atoms with Gasteiger partial charge in [0, 0.05) is 39.4 Å². The highest BCUT2D eigenvalue weighted by Gasteiger charge is 2.65. The van der Waals surface area contributed by atoms with Gasteiger partial charge in [-0.15, -0.1) is 24.0 Å². The third-order valence-corrected chi connectivity index (χ3v) is 6.03. The zero-order chi connectivity index (χ0) is 17.7. The van der Waals surface area contributed by atoms with E-state index < -0.39 is 0 Å². The number of rotatable bonds is 2. The van der Waals surface area contributed by atoms with Crippen molar-refractivity contribution in [2.45, 2.75) is 33.7 Å². The molecule has 7 nitrogen and oxygen atoms in total. The first-order valence-electron chi connectivity index (χ1n) is 8.45. The predicted octanol–water partition coefficient (Wildman–Crippen LogP) is 1.70. The summed E-state index contributed by atoms with van der Waals surface area (Å²) in [5.41, 5.74) is 1.31. The van der Waals surface area contributed by atoms with Crippen LogP contribution >= 0.6 is 24.0 Å². The zero-order valence-electron chi connectivity index (χ0n) is 15.9. The molecule has 1 N–H and O–H groups in total. The number of aromatic nitrogens is 2. The molecule has 1 aromatic heterocycles. The number of nitrogens with zero attached hydrogens (tertiary/aromatic N) is 5. The maximum atomic E-state index is 12.6. The van der Waals surface area contributed by atoms with Crippen LogP contribution in [0.4, 0.5) is 5.69 Å². The summed E-state index contributed by atoms with van der Waals surface area (Å²) in [5.74, 6) is 0.893. The first-order valence-corrected chi connectivity index (χ1v) is 8.45. The molecule has 0 atom stereocenters. The number of hydrogen-bond acceptors (Lipinski definition) is 3. The van der Waals surface area contributed by atoms with Crippen LogP contribution < -0.4 is 10.2 Å². The summed E-state index contributed by atoms with van der Waals surface area (Å²) in [6.45, 7) is 10.8. The number of nitrogens with one attached hydrogen (secondary N) is 1. The molecule has 0 radical (unpaired) electrons. The molecule has 1 aromatic rings. The maximum absolute atomic E-state index is 12.6. The Labute approximate surface area is 166 Å². The molecule has 0 spiro atoms. The number of hydrogen-bond donors (Lipinski definition) is 1. The molecule has 8 heteroatoms. The molecular formula is C17H29IN6O. The Kier molecular flexibility index (Phi) is 5.42. The van der Waals surface area contributed by atoms with Gasteiger partial charge in [0.1, 0.15) is 6.54 Å². The summed E-state index contributed by atoms with van der Waals surface area (Å²) in [6, 6.07) is 0.371.